The number of halogens is 1. The first-order chi connectivity index (χ1) is 15.8. The average molecular weight is 485 g/mol. The average Bonchev–Trinajstić information content (AvgIpc) is 2.81. The number of ether oxygens (including phenoxy) is 1. The van der Waals surface area contributed by atoms with Gasteiger partial charge in [-0.2, -0.15) is 4.31 Å². The molecule has 1 aromatic carbocycles. The number of piperidine rings is 1. The molecule has 0 radical (unpaired) electrons. The standard InChI is InChI=1S/C22H33FN4O5S/c1-17-16-19(5-6-20(17)23)33(30,31)27-10-3-2-4-18(27)7-8-24-21(28)22(29)25-9-11-26-12-14-32-15-13-26/h5-6,16,18H,2-4,7-15H2,1H3,(H,24,28)(H,25,29)/t18-/m0/s1. The van der Waals surface area contributed by atoms with Gasteiger partial charge in [0.15, 0.2) is 0 Å². The van der Waals surface area contributed by atoms with Crippen molar-refractivity contribution in [2.75, 3.05) is 52.5 Å². The maximum Gasteiger partial charge on any atom is 0.309 e. The van der Waals surface area contributed by atoms with Gasteiger partial charge in [0.2, 0.25) is 10.0 Å². The number of morpholine rings is 1. The molecule has 1 atom stereocenters. The third-order valence-electron chi connectivity index (χ3n) is 6.10. The first-order valence-corrected chi connectivity index (χ1v) is 12.9. The second-order valence-corrected chi connectivity index (χ2v) is 10.3. The zero-order chi connectivity index (χ0) is 23.8. The van der Waals surface area contributed by atoms with Gasteiger partial charge in [-0.25, -0.2) is 12.8 Å². The van der Waals surface area contributed by atoms with Crippen molar-refractivity contribution in [3.05, 3.63) is 29.6 Å². The highest BCUT2D eigenvalue weighted by Gasteiger charge is 2.33. The summed E-state index contributed by atoms with van der Waals surface area (Å²) in [6.45, 7) is 6.07. The Hall–Kier alpha value is -2.08. The summed E-state index contributed by atoms with van der Waals surface area (Å²) in [6, 6.07) is 3.50. The minimum atomic E-state index is -3.78. The van der Waals surface area contributed by atoms with Gasteiger partial charge >= 0.3 is 11.8 Å². The van der Waals surface area contributed by atoms with E-state index in [9.17, 15) is 22.4 Å². The third-order valence-corrected chi connectivity index (χ3v) is 8.04. The van der Waals surface area contributed by atoms with E-state index < -0.39 is 27.7 Å². The van der Waals surface area contributed by atoms with E-state index in [-0.39, 0.29) is 23.0 Å². The SMILES string of the molecule is Cc1cc(S(=O)(=O)N2CCCC[C@H]2CCNC(=O)C(=O)NCCN2CCOCC2)ccc1F. The summed E-state index contributed by atoms with van der Waals surface area (Å²) in [5.74, 6) is -1.87. The van der Waals surface area contributed by atoms with Crippen LogP contribution in [0.2, 0.25) is 0 Å². The second kappa shape index (κ2) is 11.9. The molecule has 0 aliphatic carbocycles. The van der Waals surface area contributed by atoms with Gasteiger partial charge in [0, 0.05) is 45.3 Å². The van der Waals surface area contributed by atoms with Crippen molar-refractivity contribution in [2.45, 2.75) is 43.5 Å². The van der Waals surface area contributed by atoms with Gasteiger partial charge in [0.1, 0.15) is 5.82 Å². The van der Waals surface area contributed by atoms with Gasteiger partial charge in [0.05, 0.1) is 18.1 Å². The highest BCUT2D eigenvalue weighted by Crippen LogP contribution is 2.27. The molecule has 184 valence electrons. The minimum Gasteiger partial charge on any atom is -0.379 e. The normalized spacial score (nSPS) is 20.4. The molecule has 0 bridgehead atoms. The van der Waals surface area contributed by atoms with Crippen molar-refractivity contribution in [1.29, 1.82) is 0 Å². The minimum absolute atomic E-state index is 0.0666. The van der Waals surface area contributed by atoms with Crippen molar-refractivity contribution in [2.24, 2.45) is 0 Å². The van der Waals surface area contributed by atoms with E-state index in [4.69, 9.17) is 4.74 Å². The van der Waals surface area contributed by atoms with Crippen LogP contribution in [0.15, 0.2) is 23.1 Å². The summed E-state index contributed by atoms with van der Waals surface area (Å²) >= 11 is 0. The first kappa shape index (κ1) is 25.5. The molecule has 0 unspecified atom stereocenters. The maximum atomic E-state index is 13.6. The number of aryl methyl sites for hydroxylation is 1. The smallest absolute Gasteiger partial charge is 0.309 e. The Morgan fingerprint density at radius 3 is 2.48 bits per heavy atom. The first-order valence-electron chi connectivity index (χ1n) is 11.4. The largest absolute Gasteiger partial charge is 0.379 e. The number of sulfonamides is 1. The van der Waals surface area contributed by atoms with Gasteiger partial charge in [-0.1, -0.05) is 6.42 Å². The quantitative estimate of drug-likeness (QED) is 0.524. The molecular formula is C22H33FN4O5S. The summed E-state index contributed by atoms with van der Waals surface area (Å²) in [5, 5.41) is 5.20. The molecule has 0 aromatic heterocycles. The number of hydrogen-bond donors (Lipinski definition) is 2. The van der Waals surface area contributed by atoms with E-state index in [2.05, 4.69) is 15.5 Å². The lowest BCUT2D eigenvalue weighted by Crippen LogP contribution is -2.47. The van der Waals surface area contributed by atoms with Crippen molar-refractivity contribution < 1.29 is 27.1 Å². The van der Waals surface area contributed by atoms with Crippen LogP contribution in [0.5, 0.6) is 0 Å². The van der Waals surface area contributed by atoms with E-state index in [1.54, 1.807) is 0 Å². The molecule has 2 heterocycles. The van der Waals surface area contributed by atoms with Crippen molar-refractivity contribution >= 4 is 21.8 Å². The number of nitrogens with one attached hydrogen (secondary N) is 2. The Morgan fingerprint density at radius 1 is 1.09 bits per heavy atom. The van der Waals surface area contributed by atoms with Gasteiger partial charge < -0.3 is 15.4 Å². The Bertz CT molecular complexity index is 937. The topological polar surface area (TPSA) is 108 Å². The zero-order valence-corrected chi connectivity index (χ0v) is 19.8. The zero-order valence-electron chi connectivity index (χ0n) is 19.0. The molecule has 1 aromatic rings. The molecule has 0 saturated carbocycles. The highest BCUT2D eigenvalue weighted by atomic mass is 32.2. The molecule has 9 nitrogen and oxygen atoms in total. The van der Waals surface area contributed by atoms with Crippen LogP contribution in [0.1, 0.15) is 31.2 Å². The number of amides is 2. The van der Waals surface area contributed by atoms with E-state index in [1.807, 2.05) is 0 Å². The van der Waals surface area contributed by atoms with Crippen molar-refractivity contribution in [3.63, 3.8) is 0 Å². The predicted molar refractivity (Wildman–Crippen MR) is 121 cm³/mol. The molecular weight excluding hydrogens is 451 g/mol. The molecule has 2 aliphatic heterocycles. The number of carbonyl (C=O) groups excluding carboxylic acids is 2. The Morgan fingerprint density at radius 2 is 1.79 bits per heavy atom. The highest BCUT2D eigenvalue weighted by molar-refractivity contribution is 7.89. The van der Waals surface area contributed by atoms with E-state index in [0.717, 1.165) is 25.9 Å². The third kappa shape index (κ3) is 6.95. The molecule has 0 spiro atoms. The molecule has 2 fully saturated rings. The van der Waals surface area contributed by atoms with Crippen LogP contribution in [0.25, 0.3) is 0 Å². The lowest BCUT2D eigenvalue weighted by Gasteiger charge is -2.34. The number of nitrogens with zero attached hydrogens (tertiary/aromatic N) is 2. The fourth-order valence-corrected chi connectivity index (χ4v) is 5.97. The van der Waals surface area contributed by atoms with Crippen LogP contribution in [0.4, 0.5) is 4.39 Å². The fraction of sp³-hybridized carbons (Fsp3) is 0.636. The van der Waals surface area contributed by atoms with E-state index in [1.165, 1.54) is 29.4 Å². The molecule has 2 saturated heterocycles. The van der Waals surface area contributed by atoms with Crippen LogP contribution in [0, 0.1) is 12.7 Å². The van der Waals surface area contributed by atoms with Crippen molar-refractivity contribution in [1.82, 2.24) is 19.8 Å². The molecule has 11 heteroatoms. The Kier molecular flexibility index (Phi) is 9.19. The molecule has 2 amide bonds. The van der Waals surface area contributed by atoms with Crippen LogP contribution >= 0.6 is 0 Å². The van der Waals surface area contributed by atoms with Gasteiger partial charge in [-0.15, -0.1) is 0 Å². The second-order valence-electron chi connectivity index (χ2n) is 8.43. The summed E-state index contributed by atoms with van der Waals surface area (Å²) in [7, 11) is -3.78. The Balaban J connectivity index is 1.48. The predicted octanol–water partition coefficient (Wildman–Crippen LogP) is 0.632. The lowest BCUT2D eigenvalue weighted by molar-refractivity contribution is -0.139. The van der Waals surface area contributed by atoms with Gasteiger partial charge in [-0.05, 0) is 49.9 Å². The number of benzene rings is 1. The van der Waals surface area contributed by atoms with Crippen LogP contribution < -0.4 is 10.6 Å². The summed E-state index contributed by atoms with van der Waals surface area (Å²) in [6.07, 6.45) is 2.69. The molecule has 2 aliphatic rings. The lowest BCUT2D eigenvalue weighted by atomic mass is 10.0. The summed E-state index contributed by atoms with van der Waals surface area (Å²) in [5.41, 5.74) is 0.275. The van der Waals surface area contributed by atoms with E-state index in [0.29, 0.717) is 45.7 Å². The summed E-state index contributed by atoms with van der Waals surface area (Å²) in [4.78, 5) is 26.4. The van der Waals surface area contributed by atoms with Crippen LogP contribution in [-0.2, 0) is 24.3 Å². The molecule has 3 rings (SSSR count). The number of carbonyl (C=O) groups is 2. The van der Waals surface area contributed by atoms with Crippen LogP contribution in [0.3, 0.4) is 0 Å². The fourth-order valence-electron chi connectivity index (χ4n) is 4.16. The Labute approximate surface area is 194 Å². The van der Waals surface area contributed by atoms with Crippen molar-refractivity contribution in [3.8, 4) is 0 Å². The number of rotatable bonds is 8. The molecule has 33 heavy (non-hydrogen) atoms. The van der Waals surface area contributed by atoms with E-state index >= 15 is 0 Å². The molecule has 2 N–H and O–H groups in total. The monoisotopic (exact) mass is 484 g/mol. The summed E-state index contributed by atoms with van der Waals surface area (Å²) < 4.78 is 46.6. The van der Waals surface area contributed by atoms with Gasteiger partial charge in [0.25, 0.3) is 0 Å². The van der Waals surface area contributed by atoms with Gasteiger partial charge in [-0.3, -0.25) is 14.5 Å². The maximum absolute atomic E-state index is 13.6. The number of hydrogen-bond acceptors (Lipinski definition) is 6. The van der Waals surface area contributed by atoms with Crippen LogP contribution in [-0.4, -0.2) is 88.0 Å².